The molecule has 0 amide bonds. The number of hydrogen-bond acceptors (Lipinski definition) is 5. The highest BCUT2D eigenvalue weighted by molar-refractivity contribution is 6.74. The summed E-state index contributed by atoms with van der Waals surface area (Å²) in [6.07, 6.45) is 4.85. The van der Waals surface area contributed by atoms with E-state index in [9.17, 15) is 5.26 Å². The fourth-order valence-electron chi connectivity index (χ4n) is 4.15. The van der Waals surface area contributed by atoms with E-state index in [1.54, 1.807) is 6.07 Å². The number of nitrogens with zero attached hydrogens (tertiary/aromatic N) is 2. The third kappa shape index (κ3) is 6.81. The van der Waals surface area contributed by atoms with Gasteiger partial charge in [-0.1, -0.05) is 39.0 Å². The molecule has 0 fully saturated rings. The number of nitriles is 1. The lowest BCUT2D eigenvalue weighted by molar-refractivity contribution is 0.311. The van der Waals surface area contributed by atoms with Crippen molar-refractivity contribution in [1.29, 1.82) is 5.26 Å². The molecular weight excluding hydrogens is 474 g/mol. The number of benzene rings is 3. The monoisotopic (exact) mass is 511 g/mol. The first-order valence-electron chi connectivity index (χ1n) is 13.0. The topological polar surface area (TPSA) is 66.6 Å². The van der Waals surface area contributed by atoms with E-state index < -0.39 is 8.32 Å². The van der Waals surface area contributed by atoms with Crippen molar-refractivity contribution in [2.75, 3.05) is 18.5 Å². The molecule has 0 saturated carbocycles. The van der Waals surface area contributed by atoms with Gasteiger partial charge in [0.15, 0.2) is 0 Å². The first-order valence-corrected chi connectivity index (χ1v) is 15.9. The van der Waals surface area contributed by atoms with Crippen LogP contribution in [0.4, 0.5) is 11.4 Å². The molecule has 6 heteroatoms. The van der Waals surface area contributed by atoms with Crippen LogP contribution in [-0.4, -0.2) is 27.7 Å². The van der Waals surface area contributed by atoms with E-state index in [-0.39, 0.29) is 5.04 Å². The lowest BCUT2D eigenvalue weighted by atomic mass is 9.94. The first-order chi connectivity index (χ1) is 17.6. The largest absolute Gasteiger partial charge is 0.544 e. The summed E-state index contributed by atoms with van der Waals surface area (Å²) in [5.41, 5.74) is 6.35. The Morgan fingerprint density at radius 3 is 2.51 bits per heavy atom. The van der Waals surface area contributed by atoms with E-state index in [1.807, 2.05) is 42.6 Å². The summed E-state index contributed by atoms with van der Waals surface area (Å²) in [6, 6.07) is 22.3. The summed E-state index contributed by atoms with van der Waals surface area (Å²) >= 11 is 0. The zero-order chi connectivity index (χ0) is 26.5. The average molecular weight is 512 g/mol. The Hall–Kier alpha value is -3.56. The third-order valence-corrected chi connectivity index (χ3v) is 11.6. The minimum atomic E-state index is -1.88. The van der Waals surface area contributed by atoms with Gasteiger partial charge in [-0.3, -0.25) is 4.99 Å². The number of anilines is 2. The molecule has 1 aliphatic rings. The Bertz CT molecular complexity index is 1300. The zero-order valence-electron chi connectivity index (χ0n) is 22.6. The van der Waals surface area contributed by atoms with E-state index in [0.717, 1.165) is 42.9 Å². The van der Waals surface area contributed by atoms with Crippen LogP contribution in [0.3, 0.4) is 0 Å². The third-order valence-electron chi connectivity index (χ3n) is 7.25. The number of aliphatic imine (C=N–C) groups is 1. The molecule has 1 aliphatic heterocycles. The second kappa shape index (κ2) is 11.2. The summed E-state index contributed by atoms with van der Waals surface area (Å²) in [4.78, 5) is 4.39. The van der Waals surface area contributed by atoms with Gasteiger partial charge in [0.1, 0.15) is 11.5 Å². The molecule has 0 atom stereocenters. The van der Waals surface area contributed by atoms with Crippen LogP contribution in [-0.2, 0) is 12.8 Å². The van der Waals surface area contributed by atoms with Crippen molar-refractivity contribution in [2.45, 2.75) is 58.2 Å². The predicted molar refractivity (Wildman–Crippen MR) is 155 cm³/mol. The lowest BCUT2D eigenvalue weighted by Crippen LogP contribution is -2.43. The molecule has 3 aromatic carbocycles. The molecule has 0 unspecified atom stereocenters. The van der Waals surface area contributed by atoms with Crippen molar-refractivity contribution >= 4 is 25.9 Å². The van der Waals surface area contributed by atoms with E-state index in [4.69, 9.17) is 9.16 Å². The number of fused-ring (bicyclic) bond motifs is 1. The van der Waals surface area contributed by atoms with Crippen LogP contribution in [0.2, 0.25) is 18.1 Å². The predicted octanol–water partition coefficient (Wildman–Crippen LogP) is 7.67. The molecule has 0 aromatic heterocycles. The quantitative estimate of drug-likeness (QED) is 0.236. The number of rotatable bonds is 9. The molecule has 4 rings (SSSR count). The van der Waals surface area contributed by atoms with Crippen molar-refractivity contribution in [3.8, 4) is 17.6 Å². The van der Waals surface area contributed by atoms with Crippen LogP contribution >= 0.6 is 0 Å². The smallest absolute Gasteiger partial charge is 0.250 e. The summed E-state index contributed by atoms with van der Waals surface area (Å²) in [7, 11) is -1.88. The van der Waals surface area contributed by atoms with Gasteiger partial charge in [0.25, 0.3) is 0 Å². The van der Waals surface area contributed by atoms with Gasteiger partial charge in [-0.15, -0.1) is 0 Å². The van der Waals surface area contributed by atoms with Crippen molar-refractivity contribution in [1.82, 2.24) is 0 Å². The number of nitrogens with one attached hydrogen (secondary N) is 1. The van der Waals surface area contributed by atoms with Gasteiger partial charge in [0.05, 0.1) is 18.2 Å². The summed E-state index contributed by atoms with van der Waals surface area (Å²) in [5.74, 6) is 1.58. The maximum absolute atomic E-state index is 9.54. The Balaban J connectivity index is 1.36. The SMILES string of the molecule is CC(C)(C)[Si](C)(C)Oc1ccc(Nc2cc(C#N)cc(OCCCc3cccc4c3CCN=C4)c2)cc1. The first kappa shape index (κ1) is 26.5. The second-order valence-corrected chi connectivity index (χ2v) is 15.8. The van der Waals surface area contributed by atoms with Gasteiger partial charge in [-0.2, -0.15) is 5.26 Å². The maximum Gasteiger partial charge on any atom is 0.250 e. The highest BCUT2D eigenvalue weighted by Crippen LogP contribution is 2.37. The van der Waals surface area contributed by atoms with Gasteiger partial charge in [0, 0.05) is 30.2 Å². The molecule has 0 spiro atoms. The maximum atomic E-state index is 9.54. The highest BCUT2D eigenvalue weighted by Gasteiger charge is 2.38. The molecule has 3 aromatic rings. The standard InChI is InChI=1S/C31H37N3O2Si/c1-31(2,3)37(4,5)36-28-13-11-26(12-14-28)34-27-18-23(21-32)19-29(20-27)35-17-7-10-24-8-6-9-25-22-33-16-15-30(24)25/h6,8-9,11-14,18-20,22,34H,7,10,15-17H2,1-5H3. The molecule has 0 radical (unpaired) electrons. The molecular formula is C31H37N3O2Si. The lowest BCUT2D eigenvalue weighted by Gasteiger charge is -2.36. The molecule has 1 N–H and O–H groups in total. The minimum absolute atomic E-state index is 0.146. The number of hydrogen-bond donors (Lipinski definition) is 1. The fourth-order valence-corrected chi connectivity index (χ4v) is 5.18. The van der Waals surface area contributed by atoms with Crippen LogP contribution in [0.15, 0.2) is 65.7 Å². The fraction of sp³-hybridized carbons (Fsp3) is 0.355. The van der Waals surface area contributed by atoms with Gasteiger partial charge >= 0.3 is 0 Å². The number of aryl methyl sites for hydroxylation is 1. The molecule has 1 heterocycles. The molecule has 37 heavy (non-hydrogen) atoms. The number of ether oxygens (including phenoxy) is 1. The Morgan fingerprint density at radius 2 is 1.78 bits per heavy atom. The van der Waals surface area contributed by atoms with E-state index >= 15 is 0 Å². The van der Waals surface area contributed by atoms with Crippen molar-refractivity contribution in [3.05, 3.63) is 82.9 Å². The molecule has 0 saturated heterocycles. The van der Waals surface area contributed by atoms with Crippen LogP contribution in [0.5, 0.6) is 11.5 Å². The van der Waals surface area contributed by atoms with Gasteiger partial charge in [0.2, 0.25) is 8.32 Å². The van der Waals surface area contributed by atoms with Crippen LogP contribution in [0, 0.1) is 11.3 Å². The summed E-state index contributed by atoms with van der Waals surface area (Å²) in [5, 5.41) is 13.1. The van der Waals surface area contributed by atoms with Crippen LogP contribution in [0.25, 0.3) is 0 Å². The average Bonchev–Trinajstić information content (AvgIpc) is 2.87. The van der Waals surface area contributed by atoms with Crippen molar-refractivity contribution in [2.24, 2.45) is 4.99 Å². The summed E-state index contributed by atoms with van der Waals surface area (Å²) < 4.78 is 12.5. The second-order valence-electron chi connectivity index (χ2n) is 11.1. The van der Waals surface area contributed by atoms with Gasteiger partial charge in [-0.25, -0.2) is 0 Å². The van der Waals surface area contributed by atoms with E-state index in [2.05, 4.69) is 68.4 Å². The highest BCUT2D eigenvalue weighted by atomic mass is 28.4. The van der Waals surface area contributed by atoms with Gasteiger partial charge in [-0.05, 0) is 90.5 Å². The Kier molecular flexibility index (Phi) is 8.04. The molecule has 0 bridgehead atoms. The minimum Gasteiger partial charge on any atom is -0.544 e. The summed E-state index contributed by atoms with van der Waals surface area (Å²) in [6.45, 7) is 12.7. The molecule has 192 valence electrons. The normalized spacial score (nSPS) is 13.0. The van der Waals surface area contributed by atoms with Crippen LogP contribution in [0.1, 0.15) is 49.4 Å². The molecule has 0 aliphatic carbocycles. The van der Waals surface area contributed by atoms with Crippen LogP contribution < -0.4 is 14.5 Å². The van der Waals surface area contributed by atoms with E-state index in [1.165, 1.54) is 16.7 Å². The van der Waals surface area contributed by atoms with E-state index in [0.29, 0.717) is 17.9 Å². The van der Waals surface area contributed by atoms with Crippen molar-refractivity contribution in [3.63, 3.8) is 0 Å². The molecule has 5 nitrogen and oxygen atoms in total. The Morgan fingerprint density at radius 1 is 1.00 bits per heavy atom. The zero-order valence-corrected chi connectivity index (χ0v) is 23.6. The van der Waals surface area contributed by atoms with Gasteiger partial charge < -0.3 is 14.5 Å². The van der Waals surface area contributed by atoms with Crippen molar-refractivity contribution < 1.29 is 9.16 Å². The Labute approximate surface area is 222 Å².